The Bertz CT molecular complexity index is 1470. The Morgan fingerprint density at radius 2 is 1.67 bits per heavy atom. The molecule has 2 aromatic carbocycles. The number of aliphatic carboxylic acids is 1. The summed E-state index contributed by atoms with van der Waals surface area (Å²) in [7, 11) is -4.02. The lowest BCUT2D eigenvalue weighted by molar-refractivity contribution is -0.136. The summed E-state index contributed by atoms with van der Waals surface area (Å²) in [5, 5.41) is 12.5. The number of nitrogens with zero attached hydrogens (tertiary/aromatic N) is 1. The van der Waals surface area contributed by atoms with E-state index in [4.69, 9.17) is 39.6 Å². The van der Waals surface area contributed by atoms with Crippen LogP contribution in [0.25, 0.3) is 5.70 Å². The Morgan fingerprint density at radius 3 is 2.36 bits per heavy atom. The molecular formula is C32H42N3O9P. The van der Waals surface area contributed by atoms with Crippen molar-refractivity contribution in [2.24, 2.45) is 5.73 Å². The predicted octanol–water partition coefficient (Wildman–Crippen LogP) is 3.63. The zero-order valence-electron chi connectivity index (χ0n) is 25.4. The number of carboxylic acids is 1. The van der Waals surface area contributed by atoms with Crippen molar-refractivity contribution in [2.75, 3.05) is 64.3 Å². The average molecular weight is 644 g/mol. The van der Waals surface area contributed by atoms with Crippen LogP contribution in [0.3, 0.4) is 0 Å². The van der Waals surface area contributed by atoms with Gasteiger partial charge in [-0.15, -0.1) is 0 Å². The molecule has 2 aliphatic rings. The lowest BCUT2D eigenvalue weighted by Crippen LogP contribution is -2.24. The first kappa shape index (κ1) is 34.2. The summed E-state index contributed by atoms with van der Waals surface area (Å²) in [4.78, 5) is 30.6. The number of nitrogens with two attached hydrogens (primary N) is 1. The van der Waals surface area contributed by atoms with Crippen LogP contribution in [0.2, 0.25) is 0 Å². The molecule has 0 fully saturated rings. The molecule has 2 heterocycles. The van der Waals surface area contributed by atoms with Crippen LogP contribution in [0.4, 0.5) is 5.69 Å². The molecule has 0 spiro atoms. The fourth-order valence-electron chi connectivity index (χ4n) is 4.87. The molecule has 0 unspecified atom stereocenters. The number of benzene rings is 2. The maximum absolute atomic E-state index is 11.0. The zero-order chi connectivity index (χ0) is 32.2. The number of allylic oxidation sites excluding steroid dienone is 1. The van der Waals surface area contributed by atoms with Gasteiger partial charge in [0.1, 0.15) is 12.4 Å². The third-order valence-electron chi connectivity index (χ3n) is 7.30. The van der Waals surface area contributed by atoms with Crippen molar-refractivity contribution in [3.63, 3.8) is 0 Å². The highest BCUT2D eigenvalue weighted by molar-refractivity contribution is 7.51. The Balaban J connectivity index is 1.15. The molecule has 0 aromatic heterocycles. The number of aryl methyl sites for hydroxylation is 2. The van der Waals surface area contributed by atoms with E-state index in [-0.39, 0.29) is 25.8 Å². The molecule has 2 aliphatic heterocycles. The van der Waals surface area contributed by atoms with Gasteiger partial charge in [-0.2, -0.15) is 0 Å². The highest BCUT2D eigenvalue weighted by atomic mass is 31.2. The van der Waals surface area contributed by atoms with E-state index in [0.29, 0.717) is 45.2 Å². The minimum atomic E-state index is -4.02. The van der Waals surface area contributed by atoms with Crippen molar-refractivity contribution in [2.45, 2.75) is 26.2 Å². The van der Waals surface area contributed by atoms with E-state index >= 15 is 0 Å². The summed E-state index contributed by atoms with van der Waals surface area (Å²) in [6, 6.07) is 11.9. The Kier molecular flexibility index (Phi) is 12.6. The average Bonchev–Trinajstić information content (AvgIpc) is 2.99. The molecule has 0 bridgehead atoms. The standard InChI is InChI=1S/C32H42N3O9P/c1-23-20-26(44-17-16-42-13-12-41-14-15-43-18-19-45(38,39)40)5-4-25(23)8-10-35-11-9-28-30(22-35)34-29-21-24(3-7-31(36)37)2-6-27(29)32(28)33/h2,4-6,9,11,20-22,34H,3,7-8,10,12-19,33H2,1H3,(H,36,37)(H2,38,39,40). The normalized spacial score (nSPS) is 14.1. The van der Waals surface area contributed by atoms with Gasteiger partial charge in [0.05, 0.1) is 57.2 Å². The quantitative estimate of drug-likeness (QED) is 0.111. The van der Waals surface area contributed by atoms with Crippen molar-refractivity contribution >= 4 is 24.9 Å². The fraction of sp³-hybridized carbons (Fsp3) is 0.406. The SMILES string of the molecule is Cc1cc(OCCOCCOCCOCCP(=O)(O)O)ccc1CCN1C=CC2=C(N)c3ccc(CCC(=O)O)cc3NC2=C1. The van der Waals surface area contributed by atoms with E-state index in [1.165, 1.54) is 5.56 Å². The molecule has 12 nitrogen and oxygen atoms in total. The first-order valence-electron chi connectivity index (χ1n) is 14.9. The number of anilines is 1. The van der Waals surface area contributed by atoms with Gasteiger partial charge in [0.2, 0.25) is 0 Å². The monoisotopic (exact) mass is 643 g/mol. The number of carbonyl (C=O) groups is 1. The van der Waals surface area contributed by atoms with Gasteiger partial charge in [0.15, 0.2) is 0 Å². The summed E-state index contributed by atoms with van der Waals surface area (Å²) < 4.78 is 32.6. The number of fused-ring (bicyclic) bond motifs is 2. The van der Waals surface area contributed by atoms with E-state index in [2.05, 4.69) is 29.4 Å². The van der Waals surface area contributed by atoms with Crippen molar-refractivity contribution in [3.05, 3.63) is 88.4 Å². The minimum Gasteiger partial charge on any atom is -0.491 e. The Hall–Kier alpha value is -3.64. The number of nitrogens with one attached hydrogen (secondary N) is 1. The number of hydrogen-bond acceptors (Lipinski definition) is 9. The number of ether oxygens (including phenoxy) is 4. The molecule has 0 aliphatic carbocycles. The first-order chi connectivity index (χ1) is 21.6. The van der Waals surface area contributed by atoms with Crippen molar-refractivity contribution in [1.82, 2.24) is 4.90 Å². The Morgan fingerprint density at radius 1 is 0.956 bits per heavy atom. The molecule has 0 amide bonds. The molecule has 0 atom stereocenters. The van der Waals surface area contributed by atoms with Gasteiger partial charge >= 0.3 is 13.6 Å². The second-order valence-corrected chi connectivity index (χ2v) is 12.5. The highest BCUT2D eigenvalue weighted by Gasteiger charge is 2.22. The first-order valence-corrected chi connectivity index (χ1v) is 16.7. The summed E-state index contributed by atoms with van der Waals surface area (Å²) >= 11 is 0. The number of hydrogen-bond donors (Lipinski definition) is 5. The van der Waals surface area contributed by atoms with Crippen LogP contribution in [-0.2, 0) is 36.4 Å². The topological polar surface area (TPSA) is 173 Å². The molecule has 4 rings (SSSR count). The molecule has 13 heteroatoms. The second kappa shape index (κ2) is 16.6. The summed E-state index contributed by atoms with van der Waals surface area (Å²) in [5.41, 5.74) is 14.2. The summed E-state index contributed by atoms with van der Waals surface area (Å²) in [6.45, 7) is 5.07. The number of carboxylic acid groups (broad SMARTS) is 1. The maximum Gasteiger partial charge on any atom is 0.327 e. The van der Waals surface area contributed by atoms with Crippen LogP contribution >= 0.6 is 7.60 Å². The van der Waals surface area contributed by atoms with Gasteiger partial charge in [-0.05, 0) is 60.7 Å². The molecular weight excluding hydrogens is 601 g/mol. The lowest BCUT2D eigenvalue weighted by atomic mass is 9.94. The van der Waals surface area contributed by atoms with Gasteiger partial charge < -0.3 is 49.8 Å². The molecule has 244 valence electrons. The molecule has 6 N–H and O–H groups in total. The van der Waals surface area contributed by atoms with Crippen LogP contribution in [0.15, 0.2) is 66.1 Å². The van der Waals surface area contributed by atoms with E-state index in [1.807, 2.05) is 42.6 Å². The molecule has 0 saturated heterocycles. The maximum atomic E-state index is 11.0. The largest absolute Gasteiger partial charge is 0.491 e. The fourth-order valence-corrected chi connectivity index (χ4v) is 5.24. The molecule has 2 aromatic rings. The Labute approximate surface area is 263 Å². The third-order valence-corrected chi connectivity index (χ3v) is 8.06. The minimum absolute atomic E-state index is 0.000549. The van der Waals surface area contributed by atoms with Crippen LogP contribution in [-0.4, -0.2) is 84.7 Å². The summed E-state index contributed by atoms with van der Waals surface area (Å²) in [6.07, 6.45) is 7.19. The van der Waals surface area contributed by atoms with Gasteiger partial charge in [-0.1, -0.05) is 18.2 Å². The third kappa shape index (κ3) is 11.0. The van der Waals surface area contributed by atoms with Crippen molar-refractivity contribution < 1.29 is 43.2 Å². The van der Waals surface area contributed by atoms with E-state index in [9.17, 15) is 9.36 Å². The van der Waals surface area contributed by atoms with Gasteiger partial charge in [-0.25, -0.2) is 0 Å². The van der Waals surface area contributed by atoms with Crippen molar-refractivity contribution in [1.29, 1.82) is 0 Å². The predicted molar refractivity (Wildman–Crippen MR) is 171 cm³/mol. The summed E-state index contributed by atoms with van der Waals surface area (Å²) in [5.74, 6) is -0.0384. The number of rotatable bonds is 19. The van der Waals surface area contributed by atoms with Crippen molar-refractivity contribution in [3.8, 4) is 5.75 Å². The van der Waals surface area contributed by atoms with Gasteiger partial charge in [0.25, 0.3) is 0 Å². The van der Waals surface area contributed by atoms with Gasteiger partial charge in [0, 0.05) is 42.2 Å². The van der Waals surface area contributed by atoms with E-state index in [0.717, 1.165) is 52.4 Å². The van der Waals surface area contributed by atoms with Crippen LogP contribution < -0.4 is 15.8 Å². The van der Waals surface area contributed by atoms with E-state index in [1.54, 1.807) is 0 Å². The molecule has 0 saturated carbocycles. The van der Waals surface area contributed by atoms with E-state index < -0.39 is 13.6 Å². The van der Waals surface area contributed by atoms with Gasteiger partial charge in [-0.3, -0.25) is 9.36 Å². The zero-order valence-corrected chi connectivity index (χ0v) is 26.3. The smallest absolute Gasteiger partial charge is 0.327 e. The molecule has 45 heavy (non-hydrogen) atoms. The van der Waals surface area contributed by atoms with Crippen LogP contribution in [0.1, 0.15) is 28.7 Å². The lowest BCUT2D eigenvalue weighted by Gasteiger charge is -2.29. The highest BCUT2D eigenvalue weighted by Crippen LogP contribution is 2.36. The second-order valence-electron chi connectivity index (χ2n) is 10.7. The molecule has 0 radical (unpaired) electrons. The van der Waals surface area contributed by atoms with Crippen LogP contribution in [0, 0.1) is 6.92 Å². The van der Waals surface area contributed by atoms with Crippen LogP contribution in [0.5, 0.6) is 5.75 Å².